The molecular weight excluding hydrogens is 525 g/mol. The van der Waals surface area contributed by atoms with Crippen molar-refractivity contribution < 1.29 is 23.1 Å². The maximum Gasteiger partial charge on any atom is 0.193 e. The second kappa shape index (κ2) is 12.8. The van der Waals surface area contributed by atoms with Gasteiger partial charge in [0, 0.05) is 19.6 Å². The molecule has 0 unspecified atom stereocenters. The Morgan fingerprint density at radius 2 is 1.26 bits per heavy atom. The lowest BCUT2D eigenvalue weighted by Crippen LogP contribution is -2.57. The Morgan fingerprint density at radius 3 is 1.71 bits per heavy atom. The average molecular weight is 587 g/mol. The van der Waals surface area contributed by atoms with E-state index in [9.17, 15) is 5.11 Å². The first-order valence-corrected chi connectivity index (χ1v) is 23.2. The third-order valence-electron chi connectivity index (χ3n) is 9.53. The van der Waals surface area contributed by atoms with Crippen LogP contribution in [-0.4, -0.2) is 68.2 Å². The van der Waals surface area contributed by atoms with Crippen molar-refractivity contribution >= 4 is 25.0 Å². The van der Waals surface area contributed by atoms with Gasteiger partial charge < -0.3 is 23.1 Å². The number of aliphatic hydroxyl groups is 1. The molecule has 224 valence electrons. The van der Waals surface area contributed by atoms with Crippen molar-refractivity contribution in [1.29, 1.82) is 0 Å². The van der Waals surface area contributed by atoms with Gasteiger partial charge in [-0.25, -0.2) is 0 Å². The third-order valence-corrected chi connectivity index (χ3v) is 23.0. The van der Waals surface area contributed by atoms with E-state index in [4.69, 9.17) is 18.0 Å². The van der Waals surface area contributed by atoms with Crippen LogP contribution in [0.1, 0.15) is 75.2 Å². The first-order chi connectivity index (χ1) is 16.9. The molecular formula is C30H62O5Si3. The zero-order chi connectivity index (χ0) is 30.0. The first-order valence-electron chi connectivity index (χ1n) is 14.5. The summed E-state index contributed by atoms with van der Waals surface area (Å²) in [6, 6.07) is 0. The van der Waals surface area contributed by atoms with Gasteiger partial charge in [-0.1, -0.05) is 75.0 Å². The minimum atomic E-state index is -2.15. The Balaban J connectivity index is 3.30. The van der Waals surface area contributed by atoms with Gasteiger partial charge in [0.15, 0.2) is 25.0 Å². The van der Waals surface area contributed by atoms with Crippen molar-refractivity contribution in [3.05, 3.63) is 23.8 Å². The molecule has 8 heteroatoms. The predicted octanol–water partition coefficient (Wildman–Crippen LogP) is 8.44. The van der Waals surface area contributed by atoms with Gasteiger partial charge in [0.1, 0.15) is 6.10 Å². The molecule has 0 heterocycles. The Morgan fingerprint density at radius 1 is 0.789 bits per heavy atom. The van der Waals surface area contributed by atoms with Gasteiger partial charge in [-0.2, -0.15) is 0 Å². The fourth-order valence-corrected chi connectivity index (χ4v) is 7.36. The van der Waals surface area contributed by atoms with Gasteiger partial charge in [-0.3, -0.25) is 0 Å². The van der Waals surface area contributed by atoms with E-state index in [0.717, 1.165) is 17.6 Å². The van der Waals surface area contributed by atoms with Crippen molar-refractivity contribution in [1.82, 2.24) is 0 Å². The van der Waals surface area contributed by atoms with Crippen molar-refractivity contribution in [2.45, 2.75) is 148 Å². The molecule has 1 aliphatic carbocycles. The Hall–Kier alpha value is -0.0694. The maximum absolute atomic E-state index is 9.80. The molecule has 1 aliphatic rings. The highest BCUT2D eigenvalue weighted by Gasteiger charge is 2.49. The molecule has 0 aromatic heterocycles. The molecule has 38 heavy (non-hydrogen) atoms. The summed E-state index contributed by atoms with van der Waals surface area (Å²) in [5.74, 6) is 0. The monoisotopic (exact) mass is 586 g/mol. The van der Waals surface area contributed by atoms with E-state index in [1.165, 1.54) is 0 Å². The summed E-state index contributed by atoms with van der Waals surface area (Å²) in [6.07, 6.45) is 2.65. The lowest BCUT2D eigenvalue weighted by molar-refractivity contribution is -0.0880. The van der Waals surface area contributed by atoms with E-state index in [2.05, 4.69) is 108 Å². The fraction of sp³-hybridized carbons (Fsp3) is 0.867. The quantitative estimate of drug-likeness (QED) is 0.194. The minimum Gasteiger partial charge on any atom is -0.417 e. The topological polar surface area (TPSA) is 57.2 Å². The van der Waals surface area contributed by atoms with Crippen LogP contribution in [-0.2, 0) is 18.0 Å². The third kappa shape index (κ3) is 9.23. The van der Waals surface area contributed by atoms with Crippen molar-refractivity contribution in [3.8, 4) is 0 Å². The number of rotatable bonds is 11. The van der Waals surface area contributed by atoms with Crippen LogP contribution in [0.3, 0.4) is 0 Å². The summed E-state index contributed by atoms with van der Waals surface area (Å²) < 4.78 is 27.2. The van der Waals surface area contributed by atoms with Crippen LogP contribution in [0.5, 0.6) is 0 Å². The number of aliphatic hydroxyl groups excluding tert-OH is 1. The zero-order valence-electron chi connectivity index (χ0n) is 27.6. The highest BCUT2D eigenvalue weighted by Crippen LogP contribution is 2.45. The molecule has 0 aliphatic heterocycles. The molecule has 0 aromatic carbocycles. The second-order valence-corrected chi connectivity index (χ2v) is 30.0. The standard InChI is InChI=1S/C30H62O5Si3/c1-23-24(18-19-31)22-25(34-37(13,14)29(5,6)7)27(26(23)35-38(15,16)30(8,9)10)32-20-17-21-33-36(11,12)28(2,3)4/h18,25-27,31H,1,17,19-22H2,2-16H3/b24-18-/t25-,26-,27-/m1/s1. The van der Waals surface area contributed by atoms with Gasteiger partial charge in [0.2, 0.25) is 0 Å². The van der Waals surface area contributed by atoms with Crippen molar-refractivity contribution in [3.63, 3.8) is 0 Å². The fourth-order valence-electron chi connectivity index (χ4n) is 3.68. The molecule has 1 saturated carbocycles. The predicted molar refractivity (Wildman–Crippen MR) is 171 cm³/mol. The number of hydrogen-bond donors (Lipinski definition) is 1. The Bertz CT molecular complexity index is 813. The van der Waals surface area contributed by atoms with Gasteiger partial charge in [0.05, 0.1) is 18.8 Å². The zero-order valence-corrected chi connectivity index (χ0v) is 30.6. The van der Waals surface area contributed by atoms with Gasteiger partial charge in [-0.05, 0) is 72.0 Å². The van der Waals surface area contributed by atoms with Gasteiger partial charge in [0.25, 0.3) is 0 Å². The summed E-state index contributed by atoms with van der Waals surface area (Å²) in [4.78, 5) is 0. The van der Waals surface area contributed by atoms with E-state index in [1.807, 2.05) is 6.08 Å². The largest absolute Gasteiger partial charge is 0.417 e. The van der Waals surface area contributed by atoms with E-state index >= 15 is 0 Å². The van der Waals surface area contributed by atoms with E-state index in [0.29, 0.717) is 19.6 Å². The molecule has 0 radical (unpaired) electrons. The van der Waals surface area contributed by atoms with Crippen molar-refractivity contribution in [2.24, 2.45) is 0 Å². The van der Waals surface area contributed by atoms with E-state index in [-0.39, 0.29) is 40.0 Å². The van der Waals surface area contributed by atoms with E-state index < -0.39 is 25.0 Å². The number of hydrogen-bond acceptors (Lipinski definition) is 5. The van der Waals surface area contributed by atoms with Crippen LogP contribution in [0, 0.1) is 0 Å². The molecule has 0 aromatic rings. The van der Waals surface area contributed by atoms with E-state index in [1.54, 1.807) is 0 Å². The van der Waals surface area contributed by atoms with Gasteiger partial charge >= 0.3 is 0 Å². The van der Waals surface area contributed by atoms with Crippen molar-refractivity contribution in [2.75, 3.05) is 19.8 Å². The average Bonchev–Trinajstić information content (AvgIpc) is 2.70. The minimum absolute atomic E-state index is 0.0235. The van der Waals surface area contributed by atoms with Crippen LogP contribution >= 0.6 is 0 Å². The molecule has 0 saturated heterocycles. The summed E-state index contributed by atoms with van der Waals surface area (Å²) in [7, 11) is -6.04. The maximum atomic E-state index is 9.80. The molecule has 1 N–H and O–H groups in total. The van der Waals surface area contributed by atoms with Crippen LogP contribution < -0.4 is 0 Å². The summed E-state index contributed by atoms with van der Waals surface area (Å²) in [6.45, 7) is 39.8. The molecule has 0 bridgehead atoms. The second-order valence-electron chi connectivity index (χ2n) is 15.7. The SMILES string of the molecule is C=C1/C(=C\CO)C[C@@H](O[Si](C)(C)C(C)(C)C)[C@@H](OCCCO[Si](C)(C)C(C)(C)C)[C@@H]1O[Si](C)(C)C(C)(C)C. The smallest absolute Gasteiger partial charge is 0.193 e. The molecule has 1 rings (SSSR count). The summed E-state index contributed by atoms with van der Waals surface area (Å²) in [5.41, 5.74) is 1.95. The normalized spacial score (nSPS) is 23.8. The molecule has 0 spiro atoms. The molecule has 5 nitrogen and oxygen atoms in total. The molecule has 1 fully saturated rings. The lowest BCUT2D eigenvalue weighted by atomic mass is 9.84. The highest BCUT2D eigenvalue weighted by atomic mass is 28.4. The molecule has 0 amide bonds. The molecule has 3 atom stereocenters. The van der Waals surface area contributed by atoms with Crippen LogP contribution in [0.25, 0.3) is 0 Å². The Kier molecular flexibility index (Phi) is 12.2. The lowest BCUT2D eigenvalue weighted by Gasteiger charge is -2.49. The van der Waals surface area contributed by atoms with Crippen LogP contribution in [0.2, 0.25) is 54.4 Å². The Labute approximate surface area is 239 Å². The summed E-state index contributed by atoms with van der Waals surface area (Å²) >= 11 is 0. The van der Waals surface area contributed by atoms with Gasteiger partial charge in [-0.15, -0.1) is 0 Å². The highest BCUT2D eigenvalue weighted by molar-refractivity contribution is 6.75. The van der Waals surface area contributed by atoms with Crippen LogP contribution in [0.15, 0.2) is 23.8 Å². The summed E-state index contributed by atoms with van der Waals surface area (Å²) in [5, 5.41) is 10.1. The van der Waals surface area contributed by atoms with Crippen LogP contribution in [0.4, 0.5) is 0 Å². The first kappa shape index (κ1) is 36.0. The number of ether oxygens (including phenoxy) is 1.